The Bertz CT molecular complexity index is 921. The van der Waals surface area contributed by atoms with Crippen molar-refractivity contribution in [3.63, 3.8) is 0 Å². The maximum atomic E-state index is 12.8. The van der Waals surface area contributed by atoms with Crippen LogP contribution >= 0.6 is 11.6 Å². The van der Waals surface area contributed by atoms with Crippen molar-refractivity contribution >= 4 is 28.5 Å². The van der Waals surface area contributed by atoms with Crippen molar-refractivity contribution in [3.05, 3.63) is 69.5 Å². The van der Waals surface area contributed by atoms with Crippen LogP contribution in [-0.4, -0.2) is 16.1 Å². The summed E-state index contributed by atoms with van der Waals surface area (Å²) in [7, 11) is 0. The maximum absolute atomic E-state index is 12.8. The van der Waals surface area contributed by atoms with Crippen LogP contribution in [0.4, 0.5) is 5.95 Å². The Labute approximate surface area is 138 Å². The molecule has 116 valence electrons. The van der Waals surface area contributed by atoms with Crippen LogP contribution in [0.5, 0.6) is 0 Å². The van der Waals surface area contributed by atoms with Crippen molar-refractivity contribution in [3.8, 4) is 0 Å². The van der Waals surface area contributed by atoms with Crippen molar-refractivity contribution in [2.45, 2.75) is 19.5 Å². The first kappa shape index (κ1) is 14.3. The summed E-state index contributed by atoms with van der Waals surface area (Å²) in [5, 5.41) is 1.15. The Morgan fingerprint density at radius 3 is 2.74 bits per heavy atom. The van der Waals surface area contributed by atoms with Gasteiger partial charge in [0.2, 0.25) is 5.95 Å². The summed E-state index contributed by atoms with van der Waals surface area (Å²) in [6.07, 6.45) is 0.938. The third-order valence-corrected chi connectivity index (χ3v) is 4.44. The normalized spacial score (nSPS) is 14.0. The van der Waals surface area contributed by atoms with E-state index in [9.17, 15) is 4.79 Å². The minimum atomic E-state index is -0.00902. The molecule has 4 rings (SSSR count). The van der Waals surface area contributed by atoms with Gasteiger partial charge in [0, 0.05) is 24.7 Å². The van der Waals surface area contributed by atoms with Crippen LogP contribution in [0.1, 0.15) is 12.0 Å². The lowest BCUT2D eigenvalue weighted by atomic mass is 10.2. The molecule has 5 heteroatoms. The van der Waals surface area contributed by atoms with Crippen LogP contribution < -0.4 is 10.5 Å². The fourth-order valence-corrected chi connectivity index (χ4v) is 3.27. The second-order valence-electron chi connectivity index (χ2n) is 5.79. The van der Waals surface area contributed by atoms with Gasteiger partial charge in [0.1, 0.15) is 0 Å². The molecule has 0 saturated carbocycles. The molecular weight excluding hydrogens is 310 g/mol. The smallest absolute Gasteiger partial charge is 0.262 e. The third kappa shape index (κ3) is 2.59. The predicted molar refractivity (Wildman–Crippen MR) is 93.1 cm³/mol. The molecule has 0 spiro atoms. The van der Waals surface area contributed by atoms with Crippen LogP contribution in [-0.2, 0) is 13.1 Å². The Kier molecular flexibility index (Phi) is 3.54. The van der Waals surface area contributed by atoms with E-state index in [0.717, 1.165) is 25.5 Å². The number of hydrogen-bond donors (Lipinski definition) is 0. The number of benzene rings is 2. The SMILES string of the molecule is O=c1c2cc(Cl)ccc2nc2n1CCCN2Cc1ccccc1. The van der Waals surface area contributed by atoms with Crippen LogP contribution in [0, 0.1) is 0 Å². The number of fused-ring (bicyclic) bond motifs is 2. The first-order chi connectivity index (χ1) is 11.2. The summed E-state index contributed by atoms with van der Waals surface area (Å²) in [4.78, 5) is 19.7. The molecule has 0 N–H and O–H groups in total. The molecule has 0 atom stereocenters. The van der Waals surface area contributed by atoms with Gasteiger partial charge in [-0.1, -0.05) is 41.9 Å². The largest absolute Gasteiger partial charge is 0.338 e. The molecule has 0 radical (unpaired) electrons. The fraction of sp³-hybridized carbons (Fsp3) is 0.222. The maximum Gasteiger partial charge on any atom is 0.262 e. The highest BCUT2D eigenvalue weighted by atomic mass is 35.5. The zero-order chi connectivity index (χ0) is 15.8. The molecule has 0 fully saturated rings. The molecule has 0 amide bonds. The second-order valence-corrected chi connectivity index (χ2v) is 6.23. The van der Waals surface area contributed by atoms with Gasteiger partial charge in [-0.3, -0.25) is 9.36 Å². The van der Waals surface area contributed by atoms with Gasteiger partial charge in [-0.25, -0.2) is 4.98 Å². The lowest BCUT2D eigenvalue weighted by molar-refractivity contribution is 0.535. The molecule has 2 aromatic carbocycles. The number of halogens is 1. The van der Waals surface area contributed by atoms with Crippen LogP contribution in [0.25, 0.3) is 10.9 Å². The molecule has 3 aromatic rings. The van der Waals surface area contributed by atoms with E-state index in [2.05, 4.69) is 17.0 Å². The first-order valence-electron chi connectivity index (χ1n) is 7.71. The number of hydrogen-bond acceptors (Lipinski definition) is 3. The summed E-state index contributed by atoms with van der Waals surface area (Å²) in [5.41, 5.74) is 1.90. The van der Waals surface area contributed by atoms with Crippen molar-refractivity contribution in [2.75, 3.05) is 11.4 Å². The summed E-state index contributed by atoms with van der Waals surface area (Å²) >= 11 is 6.02. The summed E-state index contributed by atoms with van der Waals surface area (Å²) in [5.74, 6) is 0.750. The van der Waals surface area contributed by atoms with Gasteiger partial charge in [-0.05, 0) is 30.2 Å². The van der Waals surface area contributed by atoms with E-state index in [4.69, 9.17) is 16.6 Å². The zero-order valence-electron chi connectivity index (χ0n) is 12.6. The first-order valence-corrected chi connectivity index (χ1v) is 8.09. The summed E-state index contributed by atoms with van der Waals surface area (Å²) in [6, 6.07) is 15.6. The van der Waals surface area contributed by atoms with Gasteiger partial charge in [0.15, 0.2) is 0 Å². The number of aromatic nitrogens is 2. The van der Waals surface area contributed by atoms with Crippen molar-refractivity contribution in [2.24, 2.45) is 0 Å². The van der Waals surface area contributed by atoms with E-state index in [1.807, 2.05) is 24.3 Å². The minimum absolute atomic E-state index is 0.00902. The van der Waals surface area contributed by atoms with Gasteiger partial charge >= 0.3 is 0 Å². The van der Waals surface area contributed by atoms with E-state index in [1.54, 1.807) is 16.7 Å². The van der Waals surface area contributed by atoms with Crippen LogP contribution in [0.3, 0.4) is 0 Å². The predicted octanol–water partition coefficient (Wildman–Crippen LogP) is 3.46. The quantitative estimate of drug-likeness (QED) is 0.724. The lowest BCUT2D eigenvalue weighted by Crippen LogP contribution is -2.38. The van der Waals surface area contributed by atoms with Gasteiger partial charge in [0.25, 0.3) is 5.56 Å². The topological polar surface area (TPSA) is 38.1 Å². The van der Waals surface area contributed by atoms with Crippen molar-refractivity contribution < 1.29 is 0 Å². The minimum Gasteiger partial charge on any atom is -0.338 e. The zero-order valence-corrected chi connectivity index (χ0v) is 13.3. The highest BCUT2D eigenvalue weighted by Crippen LogP contribution is 2.23. The highest BCUT2D eigenvalue weighted by molar-refractivity contribution is 6.31. The van der Waals surface area contributed by atoms with E-state index >= 15 is 0 Å². The molecule has 2 heterocycles. The third-order valence-electron chi connectivity index (χ3n) is 4.20. The van der Waals surface area contributed by atoms with Gasteiger partial charge < -0.3 is 4.90 Å². The number of rotatable bonds is 2. The molecule has 0 unspecified atom stereocenters. The molecule has 0 saturated heterocycles. The molecule has 0 aliphatic carbocycles. The molecule has 1 aliphatic rings. The summed E-state index contributed by atoms with van der Waals surface area (Å²) in [6.45, 7) is 2.36. The van der Waals surface area contributed by atoms with Gasteiger partial charge in [-0.15, -0.1) is 0 Å². The Hall–Kier alpha value is -2.33. The molecule has 1 aliphatic heterocycles. The van der Waals surface area contributed by atoms with Crippen molar-refractivity contribution in [1.29, 1.82) is 0 Å². The van der Waals surface area contributed by atoms with E-state index in [-0.39, 0.29) is 5.56 Å². The number of anilines is 1. The average Bonchev–Trinajstić information content (AvgIpc) is 2.57. The molecule has 4 nitrogen and oxygen atoms in total. The van der Waals surface area contributed by atoms with E-state index < -0.39 is 0 Å². The molecular formula is C18H16ClN3O. The highest BCUT2D eigenvalue weighted by Gasteiger charge is 2.21. The van der Waals surface area contributed by atoms with Gasteiger partial charge in [0.05, 0.1) is 10.9 Å². The van der Waals surface area contributed by atoms with E-state index in [0.29, 0.717) is 22.5 Å². The lowest BCUT2D eigenvalue weighted by Gasteiger charge is -2.31. The fourth-order valence-electron chi connectivity index (χ4n) is 3.10. The van der Waals surface area contributed by atoms with Gasteiger partial charge in [-0.2, -0.15) is 0 Å². The standard InChI is InChI=1S/C18H16ClN3O/c19-14-7-8-16-15(11-14)17(23)22-10-4-9-21(18(22)20-16)12-13-5-2-1-3-6-13/h1-3,5-8,11H,4,9-10,12H2. The summed E-state index contributed by atoms with van der Waals surface area (Å²) < 4.78 is 1.77. The van der Waals surface area contributed by atoms with Crippen LogP contribution in [0.2, 0.25) is 5.02 Å². The number of nitrogens with zero attached hydrogens (tertiary/aromatic N) is 3. The molecule has 1 aromatic heterocycles. The molecule has 23 heavy (non-hydrogen) atoms. The Balaban J connectivity index is 1.83. The van der Waals surface area contributed by atoms with E-state index in [1.165, 1.54) is 5.56 Å². The monoisotopic (exact) mass is 325 g/mol. The Morgan fingerprint density at radius 1 is 1.09 bits per heavy atom. The van der Waals surface area contributed by atoms with Crippen LogP contribution in [0.15, 0.2) is 53.3 Å². The van der Waals surface area contributed by atoms with Crippen molar-refractivity contribution in [1.82, 2.24) is 9.55 Å². The molecule has 0 bridgehead atoms. The Morgan fingerprint density at radius 2 is 1.91 bits per heavy atom. The average molecular weight is 326 g/mol. The second kappa shape index (κ2) is 5.70.